The van der Waals surface area contributed by atoms with Crippen molar-refractivity contribution in [2.75, 3.05) is 24.6 Å². The maximum absolute atomic E-state index is 11.7. The molecule has 0 bridgehead atoms. The van der Waals surface area contributed by atoms with E-state index in [1.807, 2.05) is 11.8 Å². The second-order valence-electron chi connectivity index (χ2n) is 4.42. The molecular weight excluding hydrogens is 256 g/mol. The Morgan fingerprint density at radius 2 is 2.18 bits per heavy atom. The zero-order valence-corrected chi connectivity index (χ0v) is 12.5. The number of nitrogens with one attached hydrogen (secondary N) is 2. The number of halogens is 1. The van der Waals surface area contributed by atoms with Crippen LogP contribution in [0.5, 0.6) is 0 Å². The van der Waals surface area contributed by atoms with E-state index in [-0.39, 0.29) is 18.3 Å². The van der Waals surface area contributed by atoms with E-state index < -0.39 is 0 Å². The predicted octanol–water partition coefficient (Wildman–Crippen LogP) is 2.06. The lowest BCUT2D eigenvalue weighted by atomic mass is 10.0. The van der Waals surface area contributed by atoms with E-state index >= 15 is 0 Å². The number of thioether (sulfide) groups is 1. The van der Waals surface area contributed by atoms with Gasteiger partial charge in [0.2, 0.25) is 5.91 Å². The van der Waals surface area contributed by atoms with Crippen molar-refractivity contribution in [3.63, 3.8) is 0 Å². The molecule has 1 fully saturated rings. The Labute approximate surface area is 115 Å². The molecule has 0 aromatic heterocycles. The molecule has 0 spiro atoms. The summed E-state index contributed by atoms with van der Waals surface area (Å²) in [4.78, 5) is 11.7. The Morgan fingerprint density at radius 1 is 1.47 bits per heavy atom. The molecule has 2 N–H and O–H groups in total. The standard InChI is InChI=1S/C12H24N2OS.ClH/c1-3-10(4-2)8-14-12(15)7-11-9-16-6-5-13-11;/h10-11,13H,3-9H2,1-2H3,(H,14,15);1H. The fraction of sp³-hybridized carbons (Fsp3) is 0.917. The SMILES string of the molecule is CCC(CC)CNC(=O)CC1CSCCN1.Cl. The number of carbonyl (C=O) groups is 1. The van der Waals surface area contributed by atoms with Gasteiger partial charge in [-0.2, -0.15) is 11.8 Å². The summed E-state index contributed by atoms with van der Waals surface area (Å²) >= 11 is 1.94. The minimum absolute atomic E-state index is 0. The van der Waals surface area contributed by atoms with E-state index in [1.54, 1.807) is 0 Å². The van der Waals surface area contributed by atoms with Crippen LogP contribution >= 0.6 is 24.2 Å². The summed E-state index contributed by atoms with van der Waals surface area (Å²) < 4.78 is 0. The molecule has 0 aromatic rings. The second kappa shape index (κ2) is 10.0. The summed E-state index contributed by atoms with van der Waals surface area (Å²) in [6, 6.07) is 0.375. The van der Waals surface area contributed by atoms with Gasteiger partial charge in [0.1, 0.15) is 0 Å². The maximum atomic E-state index is 11.7. The summed E-state index contributed by atoms with van der Waals surface area (Å²) in [5.41, 5.74) is 0. The Morgan fingerprint density at radius 3 is 2.71 bits per heavy atom. The first-order chi connectivity index (χ1) is 7.76. The number of hydrogen-bond acceptors (Lipinski definition) is 3. The Balaban J connectivity index is 0.00000256. The van der Waals surface area contributed by atoms with Gasteiger partial charge in [-0.05, 0) is 5.92 Å². The summed E-state index contributed by atoms with van der Waals surface area (Å²) in [6.45, 7) is 6.24. The second-order valence-corrected chi connectivity index (χ2v) is 5.57. The van der Waals surface area contributed by atoms with Crippen molar-refractivity contribution in [2.45, 2.75) is 39.2 Å². The molecule has 1 aliphatic heterocycles. The van der Waals surface area contributed by atoms with Crippen molar-refractivity contribution in [3.05, 3.63) is 0 Å². The third-order valence-electron chi connectivity index (χ3n) is 3.17. The third-order valence-corrected chi connectivity index (χ3v) is 4.30. The van der Waals surface area contributed by atoms with Gasteiger partial charge in [-0.3, -0.25) is 4.79 Å². The van der Waals surface area contributed by atoms with Crippen LogP contribution in [0.2, 0.25) is 0 Å². The fourth-order valence-corrected chi connectivity index (χ4v) is 2.83. The lowest BCUT2D eigenvalue weighted by molar-refractivity contribution is -0.121. The van der Waals surface area contributed by atoms with Crippen LogP contribution in [0.1, 0.15) is 33.1 Å². The molecule has 1 unspecified atom stereocenters. The molecule has 1 saturated heterocycles. The molecule has 5 heteroatoms. The molecule has 3 nitrogen and oxygen atoms in total. The summed E-state index contributed by atoms with van der Waals surface area (Å²) in [6.07, 6.45) is 2.93. The van der Waals surface area contributed by atoms with Crippen LogP contribution in [-0.4, -0.2) is 36.5 Å². The average Bonchev–Trinajstić information content (AvgIpc) is 2.31. The van der Waals surface area contributed by atoms with Crippen molar-refractivity contribution >= 4 is 30.1 Å². The highest BCUT2D eigenvalue weighted by Gasteiger charge is 2.16. The number of carbonyl (C=O) groups excluding carboxylic acids is 1. The van der Waals surface area contributed by atoms with Gasteiger partial charge in [-0.1, -0.05) is 26.7 Å². The predicted molar refractivity (Wildman–Crippen MR) is 78.1 cm³/mol. The summed E-state index contributed by atoms with van der Waals surface area (Å²) in [7, 11) is 0. The molecule has 0 aromatic carbocycles. The van der Waals surface area contributed by atoms with Gasteiger partial charge in [0, 0.05) is 37.1 Å². The monoisotopic (exact) mass is 280 g/mol. The van der Waals surface area contributed by atoms with Gasteiger partial charge < -0.3 is 10.6 Å². The van der Waals surface area contributed by atoms with Gasteiger partial charge in [0.05, 0.1) is 0 Å². The highest BCUT2D eigenvalue weighted by atomic mass is 35.5. The van der Waals surface area contributed by atoms with Crippen molar-refractivity contribution in [1.82, 2.24) is 10.6 Å². The first-order valence-corrected chi connectivity index (χ1v) is 7.49. The van der Waals surface area contributed by atoms with Gasteiger partial charge in [0.25, 0.3) is 0 Å². The van der Waals surface area contributed by atoms with Crippen molar-refractivity contribution in [1.29, 1.82) is 0 Å². The quantitative estimate of drug-likeness (QED) is 0.783. The van der Waals surface area contributed by atoms with E-state index in [1.165, 1.54) is 5.75 Å². The number of rotatable bonds is 6. The zero-order valence-electron chi connectivity index (χ0n) is 10.8. The first kappa shape index (κ1) is 17.1. The topological polar surface area (TPSA) is 41.1 Å². The van der Waals surface area contributed by atoms with Gasteiger partial charge in [-0.25, -0.2) is 0 Å². The molecule has 1 atom stereocenters. The highest BCUT2D eigenvalue weighted by Crippen LogP contribution is 2.10. The van der Waals surface area contributed by atoms with E-state index in [2.05, 4.69) is 24.5 Å². The highest BCUT2D eigenvalue weighted by molar-refractivity contribution is 7.99. The van der Waals surface area contributed by atoms with Crippen LogP contribution in [0, 0.1) is 5.92 Å². The van der Waals surface area contributed by atoms with Crippen LogP contribution < -0.4 is 10.6 Å². The van der Waals surface area contributed by atoms with Crippen molar-refractivity contribution in [2.24, 2.45) is 5.92 Å². The number of hydrogen-bond donors (Lipinski definition) is 2. The van der Waals surface area contributed by atoms with Crippen molar-refractivity contribution < 1.29 is 4.79 Å². The van der Waals surface area contributed by atoms with Crippen LogP contribution in [-0.2, 0) is 4.79 Å². The Kier molecular flexibility index (Phi) is 10.1. The van der Waals surface area contributed by atoms with E-state index in [0.29, 0.717) is 18.4 Å². The Hall–Kier alpha value is 0.0700. The van der Waals surface area contributed by atoms with Crippen LogP contribution in [0.4, 0.5) is 0 Å². The van der Waals surface area contributed by atoms with Gasteiger partial charge in [0.15, 0.2) is 0 Å². The minimum atomic E-state index is 0. The van der Waals surface area contributed by atoms with E-state index in [9.17, 15) is 4.79 Å². The molecule has 102 valence electrons. The van der Waals surface area contributed by atoms with Crippen molar-refractivity contribution in [3.8, 4) is 0 Å². The Bertz CT molecular complexity index is 207. The van der Waals surface area contributed by atoms with Crippen LogP contribution in [0.25, 0.3) is 0 Å². The first-order valence-electron chi connectivity index (χ1n) is 6.34. The van der Waals surface area contributed by atoms with E-state index in [0.717, 1.165) is 31.7 Å². The number of amides is 1. The zero-order chi connectivity index (χ0) is 11.8. The normalized spacial score (nSPS) is 19.8. The van der Waals surface area contributed by atoms with Gasteiger partial charge >= 0.3 is 0 Å². The average molecular weight is 281 g/mol. The third kappa shape index (κ3) is 7.17. The molecule has 17 heavy (non-hydrogen) atoms. The molecule has 0 radical (unpaired) electrons. The molecule has 0 saturated carbocycles. The minimum Gasteiger partial charge on any atom is -0.356 e. The summed E-state index contributed by atoms with van der Waals surface area (Å²) in [5.74, 6) is 3.08. The lowest BCUT2D eigenvalue weighted by Crippen LogP contribution is -2.42. The van der Waals surface area contributed by atoms with Gasteiger partial charge in [-0.15, -0.1) is 12.4 Å². The molecule has 0 aliphatic carbocycles. The largest absolute Gasteiger partial charge is 0.356 e. The van der Waals surface area contributed by atoms with E-state index in [4.69, 9.17) is 0 Å². The maximum Gasteiger partial charge on any atom is 0.221 e. The summed E-state index contributed by atoms with van der Waals surface area (Å²) in [5, 5.41) is 6.43. The smallest absolute Gasteiger partial charge is 0.221 e. The molecule has 1 aliphatic rings. The lowest BCUT2D eigenvalue weighted by Gasteiger charge is -2.23. The molecule has 1 rings (SSSR count). The van der Waals surface area contributed by atoms with Crippen LogP contribution in [0.15, 0.2) is 0 Å². The fourth-order valence-electron chi connectivity index (χ4n) is 1.88. The molecular formula is C12H25ClN2OS. The van der Waals surface area contributed by atoms with Crippen LogP contribution in [0.3, 0.4) is 0 Å². The molecule has 1 amide bonds. The molecule has 1 heterocycles.